The molecule has 2 aromatic rings. The molecule has 0 spiro atoms. The van der Waals surface area contributed by atoms with Crippen molar-refractivity contribution in [2.75, 3.05) is 18.8 Å². The molecule has 0 aliphatic carbocycles. The topological polar surface area (TPSA) is 87.7 Å². The van der Waals surface area contributed by atoms with Gasteiger partial charge in [0.2, 0.25) is 5.91 Å². The molecular formula is C18H22N6OS. The van der Waals surface area contributed by atoms with E-state index in [9.17, 15) is 4.79 Å². The molecule has 1 amide bonds. The zero-order valence-corrected chi connectivity index (χ0v) is 15.8. The molecule has 0 saturated heterocycles. The number of nitriles is 1. The highest BCUT2D eigenvalue weighted by atomic mass is 32.2. The lowest BCUT2D eigenvalue weighted by atomic mass is 10.2. The minimum absolute atomic E-state index is 0.0155. The number of rotatable bonds is 9. The van der Waals surface area contributed by atoms with Gasteiger partial charge in [-0.05, 0) is 26.0 Å². The van der Waals surface area contributed by atoms with E-state index in [0.29, 0.717) is 30.6 Å². The molecule has 0 saturated carbocycles. The molecule has 2 aromatic heterocycles. The van der Waals surface area contributed by atoms with Crippen LogP contribution in [-0.2, 0) is 11.3 Å². The lowest BCUT2D eigenvalue weighted by Gasteiger charge is -2.21. The van der Waals surface area contributed by atoms with Crippen LogP contribution in [0, 0.1) is 17.2 Å². The normalized spacial score (nSPS) is 11.6. The third-order valence-electron chi connectivity index (χ3n) is 3.74. The van der Waals surface area contributed by atoms with Crippen molar-refractivity contribution < 1.29 is 4.79 Å². The minimum atomic E-state index is -0.188. The molecular weight excluding hydrogens is 348 g/mol. The number of hydrogen-bond acceptors (Lipinski definition) is 6. The Balaban J connectivity index is 2.12. The second kappa shape index (κ2) is 9.73. The van der Waals surface area contributed by atoms with E-state index in [2.05, 4.69) is 27.8 Å². The molecule has 0 aliphatic heterocycles. The van der Waals surface area contributed by atoms with Crippen LogP contribution in [0.2, 0.25) is 0 Å². The fourth-order valence-corrected chi connectivity index (χ4v) is 3.25. The number of pyridine rings is 1. The second-order valence-corrected chi connectivity index (χ2v) is 6.64. The predicted molar refractivity (Wildman–Crippen MR) is 101 cm³/mol. The molecule has 136 valence electrons. The largest absolute Gasteiger partial charge is 0.341 e. The Bertz CT molecular complexity index is 783. The summed E-state index contributed by atoms with van der Waals surface area (Å²) in [6.45, 7) is 9.07. The van der Waals surface area contributed by atoms with Gasteiger partial charge >= 0.3 is 0 Å². The molecule has 0 aromatic carbocycles. The van der Waals surface area contributed by atoms with Gasteiger partial charge in [0, 0.05) is 37.6 Å². The SMILES string of the molecule is C=CCn1c(SCC(=O)N(CC)CC(C)C#N)nnc1-c1ccncc1. The van der Waals surface area contributed by atoms with Crippen LogP contribution in [0.15, 0.2) is 42.3 Å². The number of carbonyl (C=O) groups is 1. The maximum atomic E-state index is 12.5. The average molecular weight is 370 g/mol. The first-order valence-electron chi connectivity index (χ1n) is 8.35. The molecule has 7 nitrogen and oxygen atoms in total. The Kier molecular flexibility index (Phi) is 7.36. The molecule has 0 aliphatic rings. The Labute approximate surface area is 157 Å². The fourth-order valence-electron chi connectivity index (χ4n) is 2.40. The van der Waals surface area contributed by atoms with Crippen molar-refractivity contribution in [2.45, 2.75) is 25.5 Å². The second-order valence-electron chi connectivity index (χ2n) is 5.69. The molecule has 26 heavy (non-hydrogen) atoms. The summed E-state index contributed by atoms with van der Waals surface area (Å²) in [7, 11) is 0. The standard InChI is InChI=1S/C18H22N6OS/c1-4-10-24-17(15-6-8-20-9-7-15)21-22-18(24)26-13-16(25)23(5-2)12-14(3)11-19/h4,6-9,14H,1,5,10,12-13H2,2-3H3. The van der Waals surface area contributed by atoms with Gasteiger partial charge in [0.15, 0.2) is 11.0 Å². The van der Waals surface area contributed by atoms with Crippen LogP contribution in [-0.4, -0.2) is 49.4 Å². The van der Waals surface area contributed by atoms with Crippen LogP contribution in [0.3, 0.4) is 0 Å². The summed E-state index contributed by atoms with van der Waals surface area (Å²) in [5, 5.41) is 18.1. The van der Waals surface area contributed by atoms with Crippen LogP contribution in [0.1, 0.15) is 13.8 Å². The Morgan fingerprint density at radius 3 is 2.81 bits per heavy atom. The van der Waals surface area contributed by atoms with Crippen LogP contribution in [0.25, 0.3) is 11.4 Å². The van der Waals surface area contributed by atoms with E-state index in [1.54, 1.807) is 23.4 Å². The fraction of sp³-hybridized carbons (Fsp3) is 0.389. The molecule has 2 rings (SSSR count). The first-order chi connectivity index (χ1) is 12.6. The molecule has 1 unspecified atom stereocenters. The van der Waals surface area contributed by atoms with Gasteiger partial charge in [0.25, 0.3) is 0 Å². The van der Waals surface area contributed by atoms with Gasteiger partial charge in [-0.15, -0.1) is 16.8 Å². The summed E-state index contributed by atoms with van der Waals surface area (Å²) in [5.41, 5.74) is 0.908. The molecule has 1 atom stereocenters. The molecule has 0 radical (unpaired) electrons. The number of amides is 1. The highest BCUT2D eigenvalue weighted by Gasteiger charge is 2.18. The third kappa shape index (κ3) is 4.92. The van der Waals surface area contributed by atoms with Crippen LogP contribution in [0.5, 0.6) is 0 Å². The summed E-state index contributed by atoms with van der Waals surface area (Å²) in [4.78, 5) is 18.2. The first-order valence-corrected chi connectivity index (χ1v) is 9.33. The summed E-state index contributed by atoms with van der Waals surface area (Å²) >= 11 is 1.34. The van der Waals surface area contributed by atoms with Crippen molar-refractivity contribution in [3.05, 3.63) is 37.2 Å². The van der Waals surface area contributed by atoms with Gasteiger partial charge in [-0.1, -0.05) is 17.8 Å². The monoisotopic (exact) mass is 370 g/mol. The molecule has 0 bridgehead atoms. The molecule has 8 heteroatoms. The summed E-state index contributed by atoms with van der Waals surface area (Å²) in [6.07, 6.45) is 5.18. The van der Waals surface area contributed by atoms with Crippen molar-refractivity contribution in [3.8, 4) is 17.5 Å². The van der Waals surface area contributed by atoms with Gasteiger partial charge in [0.05, 0.1) is 17.7 Å². The average Bonchev–Trinajstić information content (AvgIpc) is 3.07. The predicted octanol–water partition coefficient (Wildman–Crippen LogP) is 2.63. The van der Waals surface area contributed by atoms with E-state index >= 15 is 0 Å². The lowest BCUT2D eigenvalue weighted by molar-refractivity contribution is -0.128. The number of thioether (sulfide) groups is 1. The van der Waals surface area contributed by atoms with Gasteiger partial charge in [-0.3, -0.25) is 14.3 Å². The van der Waals surface area contributed by atoms with Gasteiger partial charge in [0.1, 0.15) is 0 Å². The zero-order chi connectivity index (χ0) is 18.9. The van der Waals surface area contributed by atoms with Gasteiger partial charge < -0.3 is 4.90 Å². The van der Waals surface area contributed by atoms with Crippen molar-refractivity contribution in [3.63, 3.8) is 0 Å². The summed E-state index contributed by atoms with van der Waals surface area (Å²) < 4.78 is 1.93. The van der Waals surface area contributed by atoms with Gasteiger partial charge in [-0.25, -0.2) is 0 Å². The number of carbonyl (C=O) groups excluding carboxylic acids is 1. The zero-order valence-electron chi connectivity index (χ0n) is 15.0. The molecule has 2 heterocycles. The first kappa shape index (κ1) is 19.7. The van der Waals surface area contributed by atoms with Crippen molar-refractivity contribution in [1.29, 1.82) is 5.26 Å². The number of hydrogen-bond donors (Lipinski definition) is 0. The summed E-state index contributed by atoms with van der Waals surface area (Å²) in [5.74, 6) is 0.759. The van der Waals surface area contributed by atoms with E-state index in [4.69, 9.17) is 5.26 Å². The van der Waals surface area contributed by atoms with Crippen molar-refractivity contribution >= 4 is 17.7 Å². The Hall–Kier alpha value is -2.66. The van der Waals surface area contributed by atoms with Crippen LogP contribution < -0.4 is 0 Å². The smallest absolute Gasteiger partial charge is 0.233 e. The lowest BCUT2D eigenvalue weighted by Crippen LogP contribution is -2.35. The molecule has 0 N–H and O–H groups in total. The number of aromatic nitrogens is 4. The quantitative estimate of drug-likeness (QED) is 0.498. The highest BCUT2D eigenvalue weighted by molar-refractivity contribution is 7.99. The molecule has 0 fully saturated rings. The van der Waals surface area contributed by atoms with E-state index in [0.717, 1.165) is 5.56 Å². The number of nitrogens with zero attached hydrogens (tertiary/aromatic N) is 6. The third-order valence-corrected chi connectivity index (χ3v) is 4.69. The summed E-state index contributed by atoms with van der Waals surface area (Å²) in [6, 6.07) is 5.90. The van der Waals surface area contributed by atoms with Crippen molar-refractivity contribution in [1.82, 2.24) is 24.6 Å². The number of allylic oxidation sites excluding steroid dienone is 1. The van der Waals surface area contributed by atoms with Gasteiger partial charge in [-0.2, -0.15) is 5.26 Å². The van der Waals surface area contributed by atoms with E-state index in [1.165, 1.54) is 11.8 Å². The van der Waals surface area contributed by atoms with Crippen molar-refractivity contribution in [2.24, 2.45) is 5.92 Å². The Morgan fingerprint density at radius 1 is 1.46 bits per heavy atom. The van der Waals surface area contributed by atoms with E-state index in [1.807, 2.05) is 30.5 Å². The Morgan fingerprint density at radius 2 is 2.19 bits per heavy atom. The van der Waals surface area contributed by atoms with E-state index in [-0.39, 0.29) is 17.6 Å². The van der Waals surface area contributed by atoms with E-state index < -0.39 is 0 Å². The van der Waals surface area contributed by atoms with Crippen LogP contribution in [0.4, 0.5) is 0 Å². The van der Waals surface area contributed by atoms with Crippen LogP contribution >= 0.6 is 11.8 Å². The minimum Gasteiger partial charge on any atom is -0.341 e. The maximum Gasteiger partial charge on any atom is 0.233 e. The maximum absolute atomic E-state index is 12.5. The highest BCUT2D eigenvalue weighted by Crippen LogP contribution is 2.24.